The van der Waals surface area contributed by atoms with Crippen molar-refractivity contribution in [1.82, 2.24) is 0 Å². The van der Waals surface area contributed by atoms with Crippen LogP contribution >= 0.6 is 0 Å². The predicted octanol–water partition coefficient (Wildman–Crippen LogP) is 13.6. The van der Waals surface area contributed by atoms with Gasteiger partial charge in [0.05, 0.1) is 0 Å². The molecule has 2 atom stereocenters. The summed E-state index contributed by atoms with van der Waals surface area (Å²) >= 11 is 0. The minimum Gasteiger partial charge on any atom is -0.358 e. The standard InChI is InChI=1S/C47H50N2.C2H6/c1-7-9-10-13-16-29-48(41-32-35(4)30-36(5)33-41)44-27-24-39-23-26-43-45(28-25-38-19-17-22-42(44)47(39)46(38)43)49(37(6)31-34(3)18-8-2)40-20-14-11-12-15-21-40;1-2/h7-14,16-20,23-28,30-33,37,40H,1,15,21-22,29H2,2-6H3;1-2H3/b10-9-,16-13-,18-8-,34-31-;. The van der Waals surface area contributed by atoms with Gasteiger partial charge in [0.2, 0.25) is 0 Å². The number of aryl methyl sites for hydroxylation is 2. The van der Waals surface area contributed by atoms with Crippen LogP contribution in [0.5, 0.6) is 0 Å². The molecular formula is C49H56N2. The van der Waals surface area contributed by atoms with Gasteiger partial charge in [-0.2, -0.15) is 0 Å². The Labute approximate surface area is 307 Å². The van der Waals surface area contributed by atoms with Gasteiger partial charge < -0.3 is 9.80 Å². The molecule has 0 saturated carbocycles. The van der Waals surface area contributed by atoms with Gasteiger partial charge >= 0.3 is 0 Å². The van der Waals surface area contributed by atoms with E-state index >= 15 is 0 Å². The third-order valence-corrected chi connectivity index (χ3v) is 9.68. The summed E-state index contributed by atoms with van der Waals surface area (Å²) in [6.45, 7) is 19.6. The minimum absolute atomic E-state index is 0.210. The molecule has 0 amide bonds. The number of allylic oxidation sites excluding steroid dienone is 11. The van der Waals surface area contributed by atoms with Crippen molar-refractivity contribution >= 4 is 44.7 Å². The Morgan fingerprint density at radius 2 is 1.67 bits per heavy atom. The lowest BCUT2D eigenvalue weighted by atomic mass is 9.91. The molecule has 0 heterocycles. The molecule has 6 rings (SSSR count). The van der Waals surface area contributed by atoms with E-state index in [2.05, 4.69) is 172 Å². The maximum absolute atomic E-state index is 3.82. The maximum atomic E-state index is 3.82. The molecule has 0 radical (unpaired) electrons. The van der Waals surface area contributed by atoms with E-state index in [1.54, 1.807) is 0 Å². The Morgan fingerprint density at radius 1 is 0.902 bits per heavy atom. The van der Waals surface area contributed by atoms with E-state index in [0.717, 1.165) is 25.8 Å². The first-order chi connectivity index (χ1) is 24.9. The lowest BCUT2D eigenvalue weighted by molar-refractivity contribution is 0.611. The summed E-state index contributed by atoms with van der Waals surface area (Å²) in [7, 11) is 0. The summed E-state index contributed by atoms with van der Waals surface area (Å²) in [4.78, 5) is 5.14. The molecule has 2 unspecified atom stereocenters. The summed E-state index contributed by atoms with van der Waals surface area (Å²) in [6, 6.07) is 21.5. The van der Waals surface area contributed by atoms with Gasteiger partial charge in [-0.05, 0) is 117 Å². The van der Waals surface area contributed by atoms with Gasteiger partial charge in [-0.1, -0.05) is 141 Å². The first-order valence-corrected chi connectivity index (χ1v) is 18.8. The molecule has 4 aromatic carbocycles. The van der Waals surface area contributed by atoms with Crippen molar-refractivity contribution in [2.45, 2.75) is 79.8 Å². The van der Waals surface area contributed by atoms with Crippen LogP contribution in [0, 0.1) is 13.8 Å². The molecule has 262 valence electrons. The second kappa shape index (κ2) is 17.7. The van der Waals surface area contributed by atoms with Crippen molar-refractivity contribution in [3.8, 4) is 0 Å². The first-order valence-electron chi connectivity index (χ1n) is 18.8. The van der Waals surface area contributed by atoms with Crippen LogP contribution in [0.15, 0.2) is 146 Å². The Bertz CT molecular complexity index is 2040. The van der Waals surface area contributed by atoms with Gasteiger partial charge in [-0.25, -0.2) is 0 Å². The summed E-state index contributed by atoms with van der Waals surface area (Å²) < 4.78 is 0. The van der Waals surface area contributed by atoms with Crippen LogP contribution in [0.25, 0.3) is 27.6 Å². The normalized spacial score (nSPS) is 16.2. The molecular weight excluding hydrogens is 617 g/mol. The van der Waals surface area contributed by atoms with E-state index in [1.807, 2.05) is 32.1 Å². The van der Waals surface area contributed by atoms with Crippen molar-refractivity contribution in [3.05, 3.63) is 168 Å². The Kier molecular flexibility index (Phi) is 12.9. The highest BCUT2D eigenvalue weighted by Crippen LogP contribution is 2.44. The molecule has 0 fully saturated rings. The molecule has 4 aromatic rings. The summed E-state index contributed by atoms with van der Waals surface area (Å²) in [5.41, 5.74) is 10.3. The van der Waals surface area contributed by atoms with Crippen LogP contribution < -0.4 is 9.80 Å². The monoisotopic (exact) mass is 672 g/mol. The lowest BCUT2D eigenvalue weighted by Gasteiger charge is -2.37. The fourth-order valence-electron chi connectivity index (χ4n) is 7.74. The molecule has 0 aromatic heterocycles. The lowest BCUT2D eigenvalue weighted by Crippen LogP contribution is -2.40. The molecule has 0 aliphatic heterocycles. The van der Waals surface area contributed by atoms with Gasteiger partial charge in [-0.15, -0.1) is 0 Å². The van der Waals surface area contributed by atoms with E-state index < -0.39 is 0 Å². The molecule has 0 saturated heterocycles. The second-order valence-electron chi connectivity index (χ2n) is 13.5. The fraction of sp³-hybridized carbons (Fsp3) is 0.265. The van der Waals surface area contributed by atoms with Gasteiger partial charge in [-0.3, -0.25) is 0 Å². The van der Waals surface area contributed by atoms with E-state index in [1.165, 1.54) is 66.4 Å². The van der Waals surface area contributed by atoms with Crippen LogP contribution in [0.4, 0.5) is 17.1 Å². The molecule has 2 aliphatic rings. The quantitative estimate of drug-likeness (QED) is 0.116. The number of rotatable bonds is 11. The molecule has 0 spiro atoms. The highest BCUT2D eigenvalue weighted by Gasteiger charge is 2.26. The Balaban J connectivity index is 0.00000248. The van der Waals surface area contributed by atoms with Crippen LogP contribution in [0.2, 0.25) is 0 Å². The number of nitrogens with zero attached hydrogens (tertiary/aromatic N) is 2. The van der Waals surface area contributed by atoms with Gasteiger partial charge in [0.25, 0.3) is 0 Å². The third kappa shape index (κ3) is 8.46. The smallest absolute Gasteiger partial charge is 0.0485 e. The molecule has 2 heteroatoms. The third-order valence-electron chi connectivity index (χ3n) is 9.68. The van der Waals surface area contributed by atoms with E-state index in [0.29, 0.717) is 0 Å². The first kappa shape index (κ1) is 37.2. The van der Waals surface area contributed by atoms with Gasteiger partial charge in [0.15, 0.2) is 0 Å². The van der Waals surface area contributed by atoms with Gasteiger partial charge in [0, 0.05) is 41.1 Å². The minimum atomic E-state index is 0.210. The van der Waals surface area contributed by atoms with E-state index in [9.17, 15) is 0 Å². The molecule has 2 aliphatic carbocycles. The average molecular weight is 673 g/mol. The molecule has 2 nitrogen and oxygen atoms in total. The second-order valence-corrected chi connectivity index (χ2v) is 13.5. The van der Waals surface area contributed by atoms with Crippen molar-refractivity contribution in [1.29, 1.82) is 0 Å². The van der Waals surface area contributed by atoms with E-state index in [-0.39, 0.29) is 12.1 Å². The number of hydrogen-bond donors (Lipinski definition) is 0. The molecule has 0 bridgehead atoms. The predicted molar refractivity (Wildman–Crippen MR) is 229 cm³/mol. The van der Waals surface area contributed by atoms with Crippen molar-refractivity contribution in [2.24, 2.45) is 0 Å². The number of anilines is 3. The number of hydrogen-bond acceptors (Lipinski definition) is 2. The summed E-state index contributed by atoms with van der Waals surface area (Å²) in [6.07, 6.45) is 33.8. The zero-order chi connectivity index (χ0) is 36.3. The summed E-state index contributed by atoms with van der Waals surface area (Å²) in [5.74, 6) is 0. The molecule has 0 N–H and O–H groups in total. The van der Waals surface area contributed by atoms with Crippen LogP contribution in [-0.2, 0) is 6.42 Å². The number of benzene rings is 4. The fourth-order valence-corrected chi connectivity index (χ4v) is 7.74. The largest absolute Gasteiger partial charge is 0.358 e. The highest BCUT2D eigenvalue weighted by atomic mass is 15.2. The average Bonchev–Trinajstić information content (AvgIpc) is 3.51. The zero-order valence-electron chi connectivity index (χ0n) is 31.9. The van der Waals surface area contributed by atoms with Crippen molar-refractivity contribution in [2.75, 3.05) is 16.3 Å². The summed E-state index contributed by atoms with van der Waals surface area (Å²) in [5, 5.41) is 5.33. The maximum Gasteiger partial charge on any atom is 0.0485 e. The van der Waals surface area contributed by atoms with Crippen molar-refractivity contribution in [3.63, 3.8) is 0 Å². The van der Waals surface area contributed by atoms with Gasteiger partial charge in [0.1, 0.15) is 0 Å². The highest BCUT2D eigenvalue weighted by molar-refractivity contribution is 6.18. The molecule has 51 heavy (non-hydrogen) atoms. The Morgan fingerprint density at radius 3 is 2.43 bits per heavy atom. The van der Waals surface area contributed by atoms with Crippen LogP contribution in [0.3, 0.4) is 0 Å². The van der Waals surface area contributed by atoms with Crippen molar-refractivity contribution < 1.29 is 0 Å². The van der Waals surface area contributed by atoms with Crippen LogP contribution in [0.1, 0.15) is 69.7 Å². The SMILES string of the molecule is C=C/C=C\C=C/CN(c1cc(C)cc(C)c1)c1ccc2ccc3c(N(C(C)/C=C(C)\C=C/C)C4C=CC=CCC4)ccc4c3c2c1CC=C4.CC. The topological polar surface area (TPSA) is 6.48 Å². The van der Waals surface area contributed by atoms with Crippen LogP contribution in [-0.4, -0.2) is 18.6 Å². The van der Waals surface area contributed by atoms with E-state index in [4.69, 9.17) is 0 Å². The Hall–Kier alpha value is -5.08. The zero-order valence-corrected chi connectivity index (χ0v) is 31.9.